The molecule has 10 heteroatoms. The van der Waals surface area contributed by atoms with E-state index in [0.29, 0.717) is 18.1 Å². The third-order valence-corrected chi connectivity index (χ3v) is 5.70. The Bertz CT molecular complexity index is 717. The second kappa shape index (κ2) is 7.93. The quantitative estimate of drug-likeness (QED) is 0.716. The molecule has 8 nitrogen and oxygen atoms in total. The minimum absolute atomic E-state index is 0.0400. The molecular formula is C14H18ClN3O5S. The number of carbonyl (C=O) groups excluding carboxylic acids is 1. The molecule has 1 heterocycles. The molecule has 0 saturated carbocycles. The predicted molar refractivity (Wildman–Crippen MR) is 87.3 cm³/mol. The Hall–Kier alpha value is -1.68. The van der Waals surface area contributed by atoms with E-state index in [4.69, 9.17) is 16.7 Å². The number of sulfonamides is 1. The Balaban J connectivity index is 1.90. The zero-order valence-electron chi connectivity index (χ0n) is 12.8. The molecule has 132 valence electrons. The van der Waals surface area contributed by atoms with Gasteiger partial charge in [-0.25, -0.2) is 8.42 Å². The van der Waals surface area contributed by atoms with Crippen LogP contribution in [0.5, 0.6) is 0 Å². The molecule has 24 heavy (non-hydrogen) atoms. The van der Waals surface area contributed by atoms with Crippen molar-refractivity contribution in [1.29, 1.82) is 0 Å². The van der Waals surface area contributed by atoms with E-state index in [-0.39, 0.29) is 24.5 Å². The Morgan fingerprint density at radius 2 is 1.88 bits per heavy atom. The summed E-state index contributed by atoms with van der Waals surface area (Å²) in [5.74, 6) is -1.51. The van der Waals surface area contributed by atoms with Crippen molar-refractivity contribution in [2.75, 3.05) is 39.3 Å². The summed E-state index contributed by atoms with van der Waals surface area (Å²) in [4.78, 5) is 23.9. The number of carboxylic acid groups (broad SMARTS) is 1. The van der Waals surface area contributed by atoms with Gasteiger partial charge in [0.2, 0.25) is 15.9 Å². The highest BCUT2D eigenvalue weighted by molar-refractivity contribution is 7.89. The third-order valence-electron chi connectivity index (χ3n) is 3.57. The van der Waals surface area contributed by atoms with Crippen molar-refractivity contribution in [3.05, 3.63) is 29.3 Å². The normalized spacial score (nSPS) is 16.7. The highest BCUT2D eigenvalue weighted by atomic mass is 35.5. The summed E-state index contributed by atoms with van der Waals surface area (Å²) in [6.07, 6.45) is 0. The predicted octanol–water partition coefficient (Wildman–Crippen LogP) is -0.153. The average molecular weight is 376 g/mol. The van der Waals surface area contributed by atoms with Gasteiger partial charge in [0.15, 0.2) is 0 Å². The van der Waals surface area contributed by atoms with Crippen molar-refractivity contribution >= 4 is 33.5 Å². The van der Waals surface area contributed by atoms with Gasteiger partial charge in [-0.05, 0) is 18.2 Å². The van der Waals surface area contributed by atoms with Gasteiger partial charge in [0.1, 0.15) is 6.54 Å². The lowest BCUT2D eigenvalue weighted by atomic mass is 10.3. The first-order chi connectivity index (χ1) is 11.3. The summed E-state index contributed by atoms with van der Waals surface area (Å²) in [6, 6.07) is 6.09. The highest BCUT2D eigenvalue weighted by Gasteiger charge is 2.29. The van der Waals surface area contributed by atoms with Crippen LogP contribution in [0.3, 0.4) is 0 Å². The summed E-state index contributed by atoms with van der Waals surface area (Å²) >= 11 is 5.84. The molecule has 1 saturated heterocycles. The van der Waals surface area contributed by atoms with Gasteiger partial charge in [0.25, 0.3) is 0 Å². The molecule has 0 atom stereocenters. The Morgan fingerprint density at radius 3 is 2.46 bits per heavy atom. The van der Waals surface area contributed by atoms with Crippen LogP contribution in [0.25, 0.3) is 0 Å². The summed E-state index contributed by atoms with van der Waals surface area (Å²) in [7, 11) is -3.61. The number of hydrogen-bond donors (Lipinski definition) is 2. The zero-order valence-corrected chi connectivity index (χ0v) is 14.4. The van der Waals surface area contributed by atoms with Gasteiger partial charge in [-0.15, -0.1) is 0 Å². The minimum atomic E-state index is -3.61. The Kier molecular flexibility index (Phi) is 6.16. The van der Waals surface area contributed by atoms with Crippen LogP contribution in [-0.4, -0.2) is 73.9 Å². The van der Waals surface area contributed by atoms with Crippen molar-refractivity contribution in [3.8, 4) is 0 Å². The standard InChI is InChI=1S/C14H18ClN3O5S/c15-11-2-1-3-12(8-11)24(22,23)18-6-4-17(5-7-18)10-13(19)16-9-14(20)21/h1-3,8H,4-7,9-10H2,(H,16,19)(H,20,21). The SMILES string of the molecule is O=C(O)CNC(=O)CN1CCN(S(=O)(=O)c2cccc(Cl)c2)CC1. The van der Waals surface area contributed by atoms with E-state index in [0.717, 1.165) is 0 Å². The van der Waals surface area contributed by atoms with Crippen molar-refractivity contribution in [3.63, 3.8) is 0 Å². The average Bonchev–Trinajstić information content (AvgIpc) is 2.53. The first-order valence-corrected chi connectivity index (χ1v) is 9.07. The van der Waals surface area contributed by atoms with E-state index >= 15 is 0 Å². The molecule has 0 bridgehead atoms. The number of rotatable bonds is 6. The molecule has 1 aliphatic rings. The largest absolute Gasteiger partial charge is 0.480 e. The van der Waals surface area contributed by atoms with E-state index in [1.807, 2.05) is 0 Å². The van der Waals surface area contributed by atoms with Crippen molar-refractivity contribution < 1.29 is 23.1 Å². The summed E-state index contributed by atoms with van der Waals surface area (Å²) in [6.45, 7) is 0.892. The summed E-state index contributed by atoms with van der Waals surface area (Å²) < 4.78 is 26.5. The number of halogens is 1. The maximum Gasteiger partial charge on any atom is 0.322 e. The zero-order chi connectivity index (χ0) is 17.7. The van der Waals surface area contributed by atoms with Crippen LogP contribution in [0.4, 0.5) is 0 Å². The van der Waals surface area contributed by atoms with Gasteiger partial charge in [0.05, 0.1) is 11.4 Å². The Labute approximate surface area is 145 Å². The van der Waals surface area contributed by atoms with Gasteiger partial charge >= 0.3 is 5.97 Å². The van der Waals surface area contributed by atoms with Gasteiger partial charge in [-0.2, -0.15) is 4.31 Å². The van der Waals surface area contributed by atoms with Gasteiger partial charge in [-0.3, -0.25) is 14.5 Å². The molecule has 1 aromatic rings. The molecule has 0 spiro atoms. The molecule has 1 amide bonds. The first-order valence-electron chi connectivity index (χ1n) is 7.25. The molecule has 0 aliphatic carbocycles. The number of nitrogens with one attached hydrogen (secondary N) is 1. The lowest BCUT2D eigenvalue weighted by molar-refractivity contribution is -0.138. The minimum Gasteiger partial charge on any atom is -0.480 e. The number of carboxylic acids is 1. The molecule has 0 radical (unpaired) electrons. The molecule has 1 fully saturated rings. The smallest absolute Gasteiger partial charge is 0.322 e. The van der Waals surface area contributed by atoms with Crippen molar-refractivity contribution in [1.82, 2.24) is 14.5 Å². The van der Waals surface area contributed by atoms with Crippen molar-refractivity contribution in [2.24, 2.45) is 0 Å². The van der Waals surface area contributed by atoms with Crippen LogP contribution >= 0.6 is 11.6 Å². The van der Waals surface area contributed by atoms with E-state index < -0.39 is 28.4 Å². The van der Waals surface area contributed by atoms with E-state index in [9.17, 15) is 18.0 Å². The van der Waals surface area contributed by atoms with E-state index in [1.54, 1.807) is 17.0 Å². The maximum atomic E-state index is 12.5. The fourth-order valence-electron chi connectivity index (χ4n) is 2.34. The molecule has 2 rings (SSSR count). The van der Waals surface area contributed by atoms with Gasteiger partial charge in [0, 0.05) is 31.2 Å². The fraction of sp³-hybridized carbons (Fsp3) is 0.429. The fourth-order valence-corrected chi connectivity index (χ4v) is 4.06. The molecule has 1 aromatic carbocycles. The maximum absolute atomic E-state index is 12.5. The molecule has 0 aromatic heterocycles. The van der Waals surface area contributed by atoms with E-state index in [2.05, 4.69) is 5.32 Å². The van der Waals surface area contributed by atoms with Gasteiger partial charge < -0.3 is 10.4 Å². The van der Waals surface area contributed by atoms with Gasteiger partial charge in [-0.1, -0.05) is 17.7 Å². The summed E-state index contributed by atoms with van der Waals surface area (Å²) in [5.41, 5.74) is 0. The Morgan fingerprint density at radius 1 is 1.21 bits per heavy atom. The second-order valence-corrected chi connectivity index (χ2v) is 7.68. The lowest BCUT2D eigenvalue weighted by Crippen LogP contribution is -2.51. The number of aliphatic carboxylic acids is 1. The number of hydrogen-bond acceptors (Lipinski definition) is 5. The van der Waals surface area contributed by atoms with Crippen molar-refractivity contribution in [2.45, 2.75) is 4.90 Å². The molecular weight excluding hydrogens is 358 g/mol. The van der Waals surface area contributed by atoms with Crippen LogP contribution in [0.15, 0.2) is 29.2 Å². The third kappa shape index (κ3) is 4.91. The number of carbonyl (C=O) groups is 2. The number of nitrogens with zero attached hydrogens (tertiary/aromatic N) is 2. The van der Waals surface area contributed by atoms with Crippen LogP contribution in [0, 0.1) is 0 Å². The first kappa shape index (κ1) is 18.7. The number of benzene rings is 1. The van der Waals surface area contributed by atoms with E-state index in [1.165, 1.54) is 16.4 Å². The molecule has 1 aliphatic heterocycles. The topological polar surface area (TPSA) is 107 Å². The number of amides is 1. The number of piperazine rings is 1. The monoisotopic (exact) mass is 375 g/mol. The lowest BCUT2D eigenvalue weighted by Gasteiger charge is -2.33. The summed E-state index contributed by atoms with van der Waals surface area (Å²) in [5, 5.41) is 11.1. The molecule has 0 unspecified atom stereocenters. The molecule has 2 N–H and O–H groups in total. The van der Waals surface area contributed by atoms with Crippen LogP contribution in [-0.2, 0) is 19.6 Å². The second-order valence-electron chi connectivity index (χ2n) is 5.31. The highest BCUT2D eigenvalue weighted by Crippen LogP contribution is 2.20. The van der Waals surface area contributed by atoms with Crippen LogP contribution in [0.2, 0.25) is 5.02 Å². The van der Waals surface area contributed by atoms with Crippen LogP contribution in [0.1, 0.15) is 0 Å². The van der Waals surface area contributed by atoms with Crippen LogP contribution < -0.4 is 5.32 Å².